The fourth-order valence-corrected chi connectivity index (χ4v) is 3.19. The third-order valence-electron chi connectivity index (χ3n) is 4.55. The first kappa shape index (κ1) is 19.0. The van der Waals surface area contributed by atoms with E-state index >= 15 is 0 Å². The molecule has 5 heteroatoms. The molecule has 1 aliphatic carbocycles. The van der Waals surface area contributed by atoms with Crippen LogP contribution in [0.15, 0.2) is 23.8 Å². The van der Waals surface area contributed by atoms with Gasteiger partial charge >= 0.3 is 0 Å². The smallest absolute Gasteiger partial charge is 0.262 e. The van der Waals surface area contributed by atoms with E-state index in [4.69, 9.17) is 5.11 Å². The van der Waals surface area contributed by atoms with Gasteiger partial charge in [0.15, 0.2) is 0 Å². The van der Waals surface area contributed by atoms with Crippen molar-refractivity contribution in [2.45, 2.75) is 46.7 Å². The number of nitrogens with zero attached hydrogens (tertiary/aromatic N) is 2. The molecule has 0 fully saturated rings. The highest BCUT2D eigenvalue weighted by atomic mass is 16.3. The van der Waals surface area contributed by atoms with Crippen molar-refractivity contribution in [3.63, 3.8) is 0 Å². The Kier molecular flexibility index (Phi) is 6.22. The van der Waals surface area contributed by atoms with E-state index in [0.29, 0.717) is 12.3 Å². The van der Waals surface area contributed by atoms with Crippen LogP contribution in [0.1, 0.15) is 37.2 Å². The first-order valence-corrected chi connectivity index (χ1v) is 8.74. The number of aryl methyl sites for hydroxylation is 1. The number of carbonyl (C=O) groups excluding carboxylic acids is 1. The maximum atomic E-state index is 12.4. The molecule has 0 saturated carbocycles. The Labute approximate surface area is 149 Å². The largest absolute Gasteiger partial charge is 0.396 e. The van der Waals surface area contributed by atoms with Crippen molar-refractivity contribution in [1.82, 2.24) is 9.88 Å². The Bertz CT molecular complexity index is 735. The number of amides is 1. The van der Waals surface area contributed by atoms with Crippen molar-refractivity contribution in [2.24, 2.45) is 11.8 Å². The molecule has 0 bridgehead atoms. The molecule has 0 radical (unpaired) electrons. The predicted molar refractivity (Wildman–Crippen MR) is 98.6 cm³/mol. The van der Waals surface area contributed by atoms with Crippen LogP contribution in [0.25, 0.3) is 6.08 Å². The van der Waals surface area contributed by atoms with Crippen molar-refractivity contribution in [3.05, 3.63) is 40.7 Å². The molecular formula is C20H27N3O2. The summed E-state index contributed by atoms with van der Waals surface area (Å²) in [6.07, 6.45) is 6.11. The van der Waals surface area contributed by atoms with Gasteiger partial charge in [-0.2, -0.15) is 5.26 Å². The average molecular weight is 341 g/mol. The molecule has 0 aromatic carbocycles. The summed E-state index contributed by atoms with van der Waals surface area (Å²) in [6.45, 7) is 9.37. The van der Waals surface area contributed by atoms with E-state index in [9.17, 15) is 10.1 Å². The zero-order valence-electron chi connectivity index (χ0n) is 15.4. The molecule has 0 spiro atoms. The molecule has 1 aliphatic rings. The van der Waals surface area contributed by atoms with Gasteiger partial charge in [-0.3, -0.25) is 4.79 Å². The fraction of sp³-hybridized carbons (Fsp3) is 0.500. The average Bonchev–Trinajstić information content (AvgIpc) is 3.11. The Morgan fingerprint density at radius 3 is 2.76 bits per heavy atom. The van der Waals surface area contributed by atoms with Gasteiger partial charge in [0.2, 0.25) is 0 Å². The van der Waals surface area contributed by atoms with Crippen molar-refractivity contribution >= 4 is 12.0 Å². The van der Waals surface area contributed by atoms with E-state index in [1.54, 1.807) is 6.08 Å². The first-order valence-electron chi connectivity index (χ1n) is 8.74. The van der Waals surface area contributed by atoms with Crippen molar-refractivity contribution in [3.8, 4) is 6.07 Å². The molecule has 1 aromatic heterocycles. The van der Waals surface area contributed by atoms with Gasteiger partial charge < -0.3 is 15.0 Å². The number of hydrogen-bond acceptors (Lipinski definition) is 3. The lowest BCUT2D eigenvalue weighted by molar-refractivity contribution is -0.117. The lowest BCUT2D eigenvalue weighted by atomic mass is 10.1. The zero-order valence-corrected chi connectivity index (χ0v) is 15.4. The lowest BCUT2D eigenvalue weighted by Crippen LogP contribution is -2.33. The summed E-state index contributed by atoms with van der Waals surface area (Å²) in [4.78, 5) is 12.4. The van der Waals surface area contributed by atoms with Crippen LogP contribution >= 0.6 is 0 Å². The van der Waals surface area contributed by atoms with E-state index in [-0.39, 0.29) is 30.0 Å². The summed E-state index contributed by atoms with van der Waals surface area (Å²) in [5.74, 6) is 0.230. The standard InChI is InChI=1S/C20H27N3O2/c1-13(2)11-23-14(3)7-17(15(23)4)9-18(10-21)20(25)22-19-6-5-16(8-19)12-24/h5-7,9,13,16,19,24H,8,11-12H2,1-4H3,(H,22,25)/t16-,19+/m0/s1. The molecule has 134 valence electrons. The lowest BCUT2D eigenvalue weighted by Gasteiger charge is -2.13. The van der Waals surface area contributed by atoms with Crippen LogP contribution in [-0.4, -0.2) is 28.2 Å². The summed E-state index contributed by atoms with van der Waals surface area (Å²) in [5, 5.41) is 21.4. The maximum absolute atomic E-state index is 12.4. The second-order valence-electron chi connectivity index (χ2n) is 7.14. The molecule has 2 atom stereocenters. The van der Waals surface area contributed by atoms with E-state index in [1.807, 2.05) is 38.1 Å². The Morgan fingerprint density at radius 1 is 1.48 bits per heavy atom. The summed E-state index contributed by atoms with van der Waals surface area (Å²) in [7, 11) is 0. The molecule has 2 rings (SSSR count). The molecule has 5 nitrogen and oxygen atoms in total. The van der Waals surface area contributed by atoms with Crippen molar-refractivity contribution in [1.29, 1.82) is 5.26 Å². The number of nitrogens with one attached hydrogen (secondary N) is 1. The second kappa shape index (κ2) is 8.17. The number of carbonyl (C=O) groups is 1. The van der Waals surface area contributed by atoms with E-state index in [1.165, 1.54) is 0 Å². The summed E-state index contributed by atoms with van der Waals surface area (Å²) in [6, 6.07) is 3.90. The normalized spacial score (nSPS) is 20.1. The predicted octanol–water partition coefficient (Wildman–Crippen LogP) is 2.72. The van der Waals surface area contributed by atoms with Gasteiger partial charge in [0.25, 0.3) is 5.91 Å². The van der Waals surface area contributed by atoms with Crippen LogP contribution in [0.2, 0.25) is 0 Å². The van der Waals surface area contributed by atoms with Gasteiger partial charge in [-0.05, 0) is 43.9 Å². The molecule has 2 N–H and O–H groups in total. The minimum atomic E-state index is -0.371. The van der Waals surface area contributed by atoms with Gasteiger partial charge in [0, 0.05) is 36.5 Å². The van der Waals surface area contributed by atoms with Gasteiger partial charge in [-0.25, -0.2) is 0 Å². The SMILES string of the molecule is Cc1cc(C=C(C#N)C(=O)N[C@@H]2C=C[C@H](CO)C2)c(C)n1CC(C)C. The highest BCUT2D eigenvalue weighted by Gasteiger charge is 2.21. The molecule has 1 heterocycles. The van der Waals surface area contributed by atoms with Gasteiger partial charge in [-0.15, -0.1) is 0 Å². The van der Waals surface area contributed by atoms with Gasteiger partial charge in [0.1, 0.15) is 11.6 Å². The Morgan fingerprint density at radius 2 is 2.20 bits per heavy atom. The van der Waals surface area contributed by atoms with Gasteiger partial charge in [-0.1, -0.05) is 26.0 Å². The quantitative estimate of drug-likeness (QED) is 0.474. The third-order valence-corrected chi connectivity index (χ3v) is 4.55. The third kappa shape index (κ3) is 4.61. The highest BCUT2D eigenvalue weighted by Crippen LogP contribution is 2.21. The minimum Gasteiger partial charge on any atom is -0.396 e. The highest BCUT2D eigenvalue weighted by molar-refractivity contribution is 6.02. The van der Waals surface area contributed by atoms with Gasteiger partial charge in [0.05, 0.1) is 0 Å². The number of hydrogen-bond donors (Lipinski definition) is 2. The second-order valence-corrected chi connectivity index (χ2v) is 7.14. The minimum absolute atomic E-state index is 0.0751. The molecular weight excluding hydrogens is 314 g/mol. The number of aliphatic hydroxyl groups excluding tert-OH is 1. The molecule has 25 heavy (non-hydrogen) atoms. The van der Waals surface area contributed by atoms with E-state index in [2.05, 4.69) is 23.7 Å². The van der Waals surface area contributed by atoms with E-state index in [0.717, 1.165) is 23.5 Å². The molecule has 0 aliphatic heterocycles. The first-order chi connectivity index (χ1) is 11.8. The molecule has 1 amide bonds. The van der Waals surface area contributed by atoms with Crippen LogP contribution in [0.3, 0.4) is 0 Å². The van der Waals surface area contributed by atoms with Crippen LogP contribution in [0, 0.1) is 37.0 Å². The maximum Gasteiger partial charge on any atom is 0.262 e. The number of aliphatic hydroxyl groups is 1. The van der Waals surface area contributed by atoms with Crippen LogP contribution in [-0.2, 0) is 11.3 Å². The Balaban J connectivity index is 2.16. The fourth-order valence-electron chi connectivity index (χ4n) is 3.19. The molecule has 0 unspecified atom stereocenters. The number of aromatic nitrogens is 1. The number of nitriles is 1. The summed E-state index contributed by atoms with van der Waals surface area (Å²) >= 11 is 0. The van der Waals surface area contributed by atoms with Crippen LogP contribution in [0.4, 0.5) is 0 Å². The summed E-state index contributed by atoms with van der Waals surface area (Å²) < 4.78 is 2.22. The topological polar surface area (TPSA) is 78.1 Å². The Hall–Kier alpha value is -2.32. The van der Waals surface area contributed by atoms with Crippen molar-refractivity contribution < 1.29 is 9.90 Å². The molecule has 1 aromatic rings. The van der Waals surface area contributed by atoms with Crippen LogP contribution < -0.4 is 5.32 Å². The monoisotopic (exact) mass is 341 g/mol. The summed E-state index contributed by atoms with van der Waals surface area (Å²) in [5.41, 5.74) is 3.19. The number of rotatable bonds is 6. The zero-order chi connectivity index (χ0) is 18.6. The molecule has 0 saturated heterocycles. The van der Waals surface area contributed by atoms with Crippen LogP contribution in [0.5, 0.6) is 0 Å². The van der Waals surface area contributed by atoms with E-state index < -0.39 is 0 Å². The van der Waals surface area contributed by atoms with Crippen molar-refractivity contribution in [2.75, 3.05) is 6.61 Å².